The largest absolute Gasteiger partial charge is 0.338 e. The zero-order valence-corrected chi connectivity index (χ0v) is 17.9. The summed E-state index contributed by atoms with van der Waals surface area (Å²) in [5.74, 6) is -0.211. The average Bonchev–Trinajstić information content (AvgIpc) is 3.09. The molecule has 1 aromatic heterocycles. The van der Waals surface area contributed by atoms with Crippen LogP contribution >= 0.6 is 0 Å². The monoisotopic (exact) mass is 427 g/mol. The maximum Gasteiger partial charge on any atom is 0.318 e. The van der Waals surface area contributed by atoms with Crippen molar-refractivity contribution in [3.8, 4) is 11.1 Å². The number of nitrogens with zero attached hydrogens (tertiary/aromatic N) is 2. The van der Waals surface area contributed by atoms with Gasteiger partial charge in [0.2, 0.25) is 0 Å². The van der Waals surface area contributed by atoms with Gasteiger partial charge in [0.25, 0.3) is 0 Å². The summed E-state index contributed by atoms with van der Waals surface area (Å²) in [6.07, 6.45) is 9.18. The molecule has 2 aliphatic rings. The Morgan fingerprint density at radius 1 is 1.06 bits per heavy atom. The Bertz CT molecular complexity index is 1130. The van der Waals surface area contributed by atoms with Crippen LogP contribution in [0.3, 0.4) is 0 Å². The number of amides is 2. The Kier molecular flexibility index (Phi) is 5.71. The van der Waals surface area contributed by atoms with Crippen LogP contribution in [-0.4, -0.2) is 34.5 Å². The van der Waals surface area contributed by atoms with E-state index in [0.29, 0.717) is 12.1 Å². The third kappa shape index (κ3) is 4.15. The number of hydrogen-bond donors (Lipinski definition) is 1. The third-order valence-electron chi connectivity index (χ3n) is 6.47. The molecule has 2 aliphatic heterocycles. The molecular formula is C27H26FN3O. The predicted octanol–water partition coefficient (Wildman–Crippen LogP) is 5.46. The van der Waals surface area contributed by atoms with Crippen LogP contribution in [0.2, 0.25) is 0 Å². The van der Waals surface area contributed by atoms with Crippen LogP contribution in [0.15, 0.2) is 79.1 Å². The molecule has 32 heavy (non-hydrogen) atoms. The highest BCUT2D eigenvalue weighted by Gasteiger charge is 2.39. The maximum absolute atomic E-state index is 14.9. The number of fused-ring (bicyclic) bond motifs is 2. The van der Waals surface area contributed by atoms with Crippen LogP contribution in [0, 0.1) is 5.82 Å². The van der Waals surface area contributed by atoms with Crippen molar-refractivity contribution in [1.82, 2.24) is 15.2 Å². The molecule has 1 fully saturated rings. The van der Waals surface area contributed by atoms with Gasteiger partial charge in [0.05, 0.1) is 6.04 Å². The van der Waals surface area contributed by atoms with Crippen molar-refractivity contribution in [3.63, 3.8) is 0 Å². The van der Waals surface area contributed by atoms with Crippen molar-refractivity contribution in [1.29, 1.82) is 0 Å². The van der Waals surface area contributed by atoms with E-state index in [-0.39, 0.29) is 23.9 Å². The number of carbonyl (C=O) groups is 1. The van der Waals surface area contributed by atoms with Crippen LogP contribution in [0.5, 0.6) is 0 Å². The van der Waals surface area contributed by atoms with Gasteiger partial charge >= 0.3 is 6.03 Å². The van der Waals surface area contributed by atoms with E-state index >= 15 is 0 Å². The van der Waals surface area contributed by atoms with Gasteiger partial charge < -0.3 is 10.2 Å². The van der Waals surface area contributed by atoms with Crippen LogP contribution in [0.1, 0.15) is 30.4 Å². The summed E-state index contributed by atoms with van der Waals surface area (Å²) in [6.45, 7) is 0.587. The third-order valence-corrected chi connectivity index (χ3v) is 6.47. The smallest absolute Gasteiger partial charge is 0.318 e. The minimum atomic E-state index is -0.211. The molecule has 1 N–H and O–H groups in total. The molecule has 1 saturated heterocycles. The van der Waals surface area contributed by atoms with Gasteiger partial charge in [-0.3, -0.25) is 4.98 Å². The number of nitrogens with one attached hydrogen (secondary N) is 1. The summed E-state index contributed by atoms with van der Waals surface area (Å²) >= 11 is 0. The summed E-state index contributed by atoms with van der Waals surface area (Å²) in [5.41, 5.74) is 4.65. The molecule has 3 heterocycles. The second-order valence-electron chi connectivity index (χ2n) is 8.51. The van der Waals surface area contributed by atoms with Gasteiger partial charge in [0, 0.05) is 30.5 Å². The van der Waals surface area contributed by atoms with Crippen molar-refractivity contribution < 1.29 is 9.18 Å². The Balaban J connectivity index is 1.27. The van der Waals surface area contributed by atoms with Gasteiger partial charge in [-0.2, -0.15) is 0 Å². The van der Waals surface area contributed by atoms with Crippen molar-refractivity contribution in [2.24, 2.45) is 0 Å². The van der Waals surface area contributed by atoms with Crippen LogP contribution in [-0.2, 0) is 6.42 Å². The highest BCUT2D eigenvalue weighted by atomic mass is 19.1. The summed E-state index contributed by atoms with van der Waals surface area (Å²) < 4.78 is 14.9. The number of pyridine rings is 1. The summed E-state index contributed by atoms with van der Waals surface area (Å²) in [5, 5.41) is 3.06. The van der Waals surface area contributed by atoms with E-state index in [2.05, 4.69) is 16.4 Å². The molecule has 0 aliphatic carbocycles. The van der Waals surface area contributed by atoms with E-state index in [0.717, 1.165) is 47.9 Å². The number of hydrogen-bond acceptors (Lipinski definition) is 2. The maximum atomic E-state index is 14.9. The van der Waals surface area contributed by atoms with Gasteiger partial charge in [0.15, 0.2) is 0 Å². The lowest BCUT2D eigenvalue weighted by Crippen LogP contribution is -2.48. The number of urea groups is 1. The highest BCUT2D eigenvalue weighted by Crippen LogP contribution is 2.39. The molecule has 4 nitrogen and oxygen atoms in total. The topological polar surface area (TPSA) is 45.2 Å². The SMILES string of the molecule is O=C(NCCc1cccnc1)N1C2C=C(c3ccc(-c4ccccc4)c(F)c3)CC1CC2. The van der Waals surface area contributed by atoms with Gasteiger partial charge in [-0.15, -0.1) is 0 Å². The minimum absolute atomic E-state index is 0.0118. The lowest BCUT2D eigenvalue weighted by Gasteiger charge is -2.34. The fourth-order valence-electron chi connectivity index (χ4n) is 4.88. The zero-order chi connectivity index (χ0) is 21.9. The molecule has 2 bridgehead atoms. The quantitative estimate of drug-likeness (QED) is 0.588. The second-order valence-corrected chi connectivity index (χ2v) is 8.51. The molecule has 2 amide bonds. The Hall–Kier alpha value is -3.47. The summed E-state index contributed by atoms with van der Waals surface area (Å²) in [7, 11) is 0. The number of benzene rings is 2. The van der Waals surface area contributed by atoms with E-state index in [1.807, 2.05) is 65.7 Å². The Morgan fingerprint density at radius 2 is 1.94 bits per heavy atom. The van der Waals surface area contributed by atoms with Gasteiger partial charge in [-0.05, 0) is 60.1 Å². The van der Waals surface area contributed by atoms with Crippen molar-refractivity contribution in [2.45, 2.75) is 37.8 Å². The van der Waals surface area contributed by atoms with Gasteiger partial charge in [-0.1, -0.05) is 54.6 Å². The van der Waals surface area contributed by atoms with E-state index in [9.17, 15) is 9.18 Å². The first-order valence-electron chi connectivity index (χ1n) is 11.2. The molecule has 5 heteroatoms. The Labute approximate surface area is 187 Å². The standard InChI is InChI=1S/C27H26FN3O/c28-26-17-21(8-11-25(26)20-6-2-1-3-7-20)22-15-23-9-10-24(16-22)31(23)27(32)30-14-12-19-5-4-13-29-18-19/h1-8,11,13,15,17-18,23-24H,9-10,12,14,16H2,(H,30,32). The molecule has 0 spiro atoms. The first-order valence-corrected chi connectivity index (χ1v) is 11.2. The van der Waals surface area contributed by atoms with Crippen molar-refractivity contribution in [3.05, 3.63) is 96.1 Å². The number of rotatable bonds is 5. The van der Waals surface area contributed by atoms with E-state index in [1.54, 1.807) is 12.3 Å². The molecule has 5 rings (SSSR count). The average molecular weight is 428 g/mol. The van der Waals surface area contributed by atoms with Crippen molar-refractivity contribution in [2.75, 3.05) is 6.54 Å². The lowest BCUT2D eigenvalue weighted by atomic mass is 9.93. The summed E-state index contributed by atoms with van der Waals surface area (Å²) in [4.78, 5) is 18.9. The Morgan fingerprint density at radius 3 is 2.69 bits per heavy atom. The van der Waals surface area contributed by atoms with Crippen LogP contribution < -0.4 is 5.32 Å². The number of carbonyl (C=O) groups excluding carboxylic acids is 1. The highest BCUT2D eigenvalue weighted by molar-refractivity contribution is 5.79. The van der Waals surface area contributed by atoms with E-state index < -0.39 is 0 Å². The summed E-state index contributed by atoms with van der Waals surface area (Å²) in [6, 6.07) is 19.2. The molecule has 3 aromatic rings. The minimum Gasteiger partial charge on any atom is -0.338 e. The molecule has 2 atom stereocenters. The number of aromatic nitrogens is 1. The zero-order valence-electron chi connectivity index (χ0n) is 17.9. The molecule has 2 unspecified atom stereocenters. The van der Waals surface area contributed by atoms with Gasteiger partial charge in [-0.25, -0.2) is 9.18 Å². The van der Waals surface area contributed by atoms with Crippen LogP contribution in [0.4, 0.5) is 9.18 Å². The fourth-order valence-corrected chi connectivity index (χ4v) is 4.88. The molecule has 0 radical (unpaired) electrons. The predicted molar refractivity (Wildman–Crippen MR) is 124 cm³/mol. The van der Waals surface area contributed by atoms with Crippen LogP contribution in [0.25, 0.3) is 16.7 Å². The van der Waals surface area contributed by atoms with E-state index in [4.69, 9.17) is 0 Å². The molecule has 0 saturated carbocycles. The normalized spacial score (nSPS) is 19.5. The molecule has 162 valence electrons. The first kappa shape index (κ1) is 20.4. The molecule has 2 aromatic carbocycles. The van der Waals surface area contributed by atoms with Crippen molar-refractivity contribution >= 4 is 11.6 Å². The van der Waals surface area contributed by atoms with E-state index in [1.165, 1.54) is 0 Å². The molecular weight excluding hydrogens is 401 g/mol. The first-order chi connectivity index (χ1) is 15.7. The van der Waals surface area contributed by atoms with Gasteiger partial charge in [0.1, 0.15) is 5.82 Å². The second kappa shape index (κ2) is 8.95. The lowest BCUT2D eigenvalue weighted by molar-refractivity contribution is 0.180. The fraction of sp³-hybridized carbons (Fsp3) is 0.259. The number of halogens is 1.